The van der Waals surface area contributed by atoms with E-state index in [9.17, 15) is 0 Å². The first-order valence-corrected chi connectivity index (χ1v) is 7.00. The fourth-order valence-electron chi connectivity index (χ4n) is 2.38. The number of benzene rings is 1. The molecule has 3 heteroatoms. The summed E-state index contributed by atoms with van der Waals surface area (Å²) in [5, 5.41) is 12.2. The minimum atomic E-state index is 0.282. The number of nitrogens with zero attached hydrogens (tertiary/aromatic N) is 1. The van der Waals surface area contributed by atoms with E-state index in [2.05, 4.69) is 34.5 Å². The van der Waals surface area contributed by atoms with E-state index in [0.717, 1.165) is 38.9 Å². The number of rotatable bonds is 6. The van der Waals surface area contributed by atoms with Crippen molar-refractivity contribution in [3.63, 3.8) is 0 Å². The van der Waals surface area contributed by atoms with E-state index >= 15 is 0 Å². The number of hydrogen-bond acceptors (Lipinski definition) is 3. The Labute approximate surface area is 110 Å². The molecule has 0 atom stereocenters. The largest absolute Gasteiger partial charge is 0.396 e. The molecule has 1 aliphatic rings. The second-order valence-electron chi connectivity index (χ2n) is 4.99. The molecule has 0 spiro atoms. The third-order valence-corrected chi connectivity index (χ3v) is 3.57. The van der Waals surface area contributed by atoms with Crippen molar-refractivity contribution >= 4 is 0 Å². The maximum Gasteiger partial charge on any atom is 0.0434 e. The summed E-state index contributed by atoms with van der Waals surface area (Å²) >= 11 is 0. The van der Waals surface area contributed by atoms with Gasteiger partial charge < -0.3 is 15.3 Å². The van der Waals surface area contributed by atoms with Gasteiger partial charge in [-0.15, -0.1) is 0 Å². The molecular weight excluding hydrogens is 224 g/mol. The van der Waals surface area contributed by atoms with Gasteiger partial charge in [0.25, 0.3) is 0 Å². The summed E-state index contributed by atoms with van der Waals surface area (Å²) in [7, 11) is 0. The number of hydrogen-bond donors (Lipinski definition) is 2. The highest BCUT2D eigenvalue weighted by molar-refractivity contribution is 5.22. The second-order valence-corrected chi connectivity index (χ2v) is 4.99. The zero-order valence-electron chi connectivity index (χ0n) is 11.1. The summed E-state index contributed by atoms with van der Waals surface area (Å²) in [6.07, 6.45) is 2.98. The molecule has 0 unspecified atom stereocenters. The normalized spacial score (nSPS) is 16.9. The molecule has 3 nitrogen and oxygen atoms in total. The SMILES string of the molecule is OCCCc1ccc(CCN2CCNCC2)cc1. The molecule has 100 valence electrons. The summed E-state index contributed by atoms with van der Waals surface area (Å²) in [4.78, 5) is 2.52. The highest BCUT2D eigenvalue weighted by atomic mass is 16.2. The lowest BCUT2D eigenvalue weighted by Crippen LogP contribution is -2.44. The zero-order chi connectivity index (χ0) is 12.6. The first kappa shape index (κ1) is 13.5. The Kier molecular flexibility index (Phi) is 5.65. The molecular formula is C15H24N2O. The van der Waals surface area contributed by atoms with Gasteiger partial charge in [-0.05, 0) is 30.4 Å². The van der Waals surface area contributed by atoms with Gasteiger partial charge >= 0.3 is 0 Å². The van der Waals surface area contributed by atoms with Crippen LogP contribution in [0.3, 0.4) is 0 Å². The van der Waals surface area contributed by atoms with Crippen molar-refractivity contribution in [3.05, 3.63) is 35.4 Å². The van der Waals surface area contributed by atoms with Crippen molar-refractivity contribution in [2.75, 3.05) is 39.3 Å². The Morgan fingerprint density at radius 1 is 1.00 bits per heavy atom. The Morgan fingerprint density at radius 3 is 2.22 bits per heavy atom. The average molecular weight is 248 g/mol. The Morgan fingerprint density at radius 2 is 1.61 bits per heavy atom. The van der Waals surface area contributed by atoms with Crippen molar-refractivity contribution in [2.24, 2.45) is 0 Å². The third kappa shape index (κ3) is 4.41. The topological polar surface area (TPSA) is 35.5 Å². The molecule has 1 aromatic carbocycles. The highest BCUT2D eigenvalue weighted by Gasteiger charge is 2.08. The summed E-state index contributed by atoms with van der Waals surface area (Å²) in [5.41, 5.74) is 2.75. The molecule has 0 radical (unpaired) electrons. The number of piperazine rings is 1. The van der Waals surface area contributed by atoms with Gasteiger partial charge in [-0.3, -0.25) is 0 Å². The van der Waals surface area contributed by atoms with E-state index in [-0.39, 0.29) is 6.61 Å². The molecule has 1 heterocycles. The molecule has 2 rings (SSSR count). The van der Waals surface area contributed by atoms with E-state index in [1.165, 1.54) is 24.2 Å². The molecule has 0 aliphatic carbocycles. The number of aliphatic hydroxyl groups excluding tert-OH is 1. The van der Waals surface area contributed by atoms with Gasteiger partial charge in [0.1, 0.15) is 0 Å². The molecule has 0 saturated carbocycles. The maximum absolute atomic E-state index is 8.80. The summed E-state index contributed by atoms with van der Waals surface area (Å²) in [6, 6.07) is 8.86. The first-order valence-electron chi connectivity index (χ1n) is 7.00. The lowest BCUT2D eigenvalue weighted by Gasteiger charge is -2.27. The van der Waals surface area contributed by atoms with Crippen molar-refractivity contribution in [2.45, 2.75) is 19.3 Å². The molecule has 18 heavy (non-hydrogen) atoms. The third-order valence-electron chi connectivity index (χ3n) is 3.57. The number of aryl methyl sites for hydroxylation is 1. The van der Waals surface area contributed by atoms with Crippen LogP contribution in [0.25, 0.3) is 0 Å². The van der Waals surface area contributed by atoms with Crippen LogP contribution in [-0.4, -0.2) is 49.3 Å². The number of nitrogens with one attached hydrogen (secondary N) is 1. The van der Waals surface area contributed by atoms with Gasteiger partial charge in [0.15, 0.2) is 0 Å². The lowest BCUT2D eigenvalue weighted by molar-refractivity contribution is 0.244. The van der Waals surface area contributed by atoms with E-state index in [1.54, 1.807) is 0 Å². The van der Waals surface area contributed by atoms with Crippen molar-refractivity contribution in [1.82, 2.24) is 10.2 Å². The summed E-state index contributed by atoms with van der Waals surface area (Å²) in [6.45, 7) is 6.05. The van der Waals surface area contributed by atoms with Crippen molar-refractivity contribution in [1.29, 1.82) is 0 Å². The fraction of sp³-hybridized carbons (Fsp3) is 0.600. The van der Waals surface area contributed by atoms with Gasteiger partial charge in [0.05, 0.1) is 0 Å². The van der Waals surface area contributed by atoms with Crippen LogP contribution in [0.15, 0.2) is 24.3 Å². The van der Waals surface area contributed by atoms with Crippen LogP contribution in [0.4, 0.5) is 0 Å². The van der Waals surface area contributed by atoms with E-state index < -0.39 is 0 Å². The van der Waals surface area contributed by atoms with Crippen LogP contribution in [-0.2, 0) is 12.8 Å². The van der Waals surface area contributed by atoms with Gasteiger partial charge in [-0.25, -0.2) is 0 Å². The minimum Gasteiger partial charge on any atom is -0.396 e. The van der Waals surface area contributed by atoms with Crippen LogP contribution in [0, 0.1) is 0 Å². The van der Waals surface area contributed by atoms with Crippen LogP contribution in [0.2, 0.25) is 0 Å². The van der Waals surface area contributed by atoms with Crippen molar-refractivity contribution < 1.29 is 5.11 Å². The highest BCUT2D eigenvalue weighted by Crippen LogP contribution is 2.08. The monoisotopic (exact) mass is 248 g/mol. The molecule has 0 amide bonds. The molecule has 0 bridgehead atoms. The van der Waals surface area contributed by atoms with Crippen LogP contribution in [0.5, 0.6) is 0 Å². The predicted octanol–water partition coefficient (Wildman–Crippen LogP) is 1.06. The maximum atomic E-state index is 8.80. The molecule has 1 fully saturated rings. The molecule has 0 aromatic heterocycles. The zero-order valence-corrected chi connectivity index (χ0v) is 11.1. The molecule has 1 aliphatic heterocycles. The quantitative estimate of drug-likeness (QED) is 0.790. The van der Waals surface area contributed by atoms with E-state index in [0.29, 0.717) is 0 Å². The molecule has 2 N–H and O–H groups in total. The number of aliphatic hydroxyl groups is 1. The summed E-state index contributed by atoms with van der Waals surface area (Å²) < 4.78 is 0. The lowest BCUT2D eigenvalue weighted by atomic mass is 10.1. The summed E-state index contributed by atoms with van der Waals surface area (Å²) in [5.74, 6) is 0. The second kappa shape index (κ2) is 7.52. The minimum absolute atomic E-state index is 0.282. The average Bonchev–Trinajstić information content (AvgIpc) is 2.45. The van der Waals surface area contributed by atoms with Crippen LogP contribution in [0.1, 0.15) is 17.5 Å². The first-order chi connectivity index (χ1) is 8.88. The molecule has 1 aromatic rings. The smallest absolute Gasteiger partial charge is 0.0434 e. The van der Waals surface area contributed by atoms with E-state index in [1.807, 2.05) is 0 Å². The van der Waals surface area contributed by atoms with Gasteiger partial charge in [-0.1, -0.05) is 24.3 Å². The van der Waals surface area contributed by atoms with Crippen LogP contribution < -0.4 is 5.32 Å². The van der Waals surface area contributed by atoms with Gasteiger partial charge in [-0.2, -0.15) is 0 Å². The van der Waals surface area contributed by atoms with Crippen molar-refractivity contribution in [3.8, 4) is 0 Å². The Bertz CT molecular complexity index is 331. The molecule has 1 saturated heterocycles. The Balaban J connectivity index is 1.75. The fourth-order valence-corrected chi connectivity index (χ4v) is 2.38. The Hall–Kier alpha value is -0.900. The predicted molar refractivity (Wildman–Crippen MR) is 74.9 cm³/mol. The van der Waals surface area contributed by atoms with E-state index in [4.69, 9.17) is 5.11 Å². The standard InChI is InChI=1S/C15H24N2O/c18-13-1-2-14-3-5-15(6-4-14)7-10-17-11-8-16-9-12-17/h3-6,16,18H,1-2,7-13H2. The van der Waals surface area contributed by atoms with Crippen LogP contribution >= 0.6 is 0 Å². The van der Waals surface area contributed by atoms with Gasteiger partial charge in [0.2, 0.25) is 0 Å². The van der Waals surface area contributed by atoms with Gasteiger partial charge in [0, 0.05) is 39.3 Å².